The lowest BCUT2D eigenvalue weighted by atomic mass is 10.2. The predicted octanol–water partition coefficient (Wildman–Crippen LogP) is 2.68. The maximum atomic E-state index is 12.8. The molecule has 1 heterocycles. The Balaban J connectivity index is 1.49. The molecular formula is C24H19N3O7S. The number of benzene rings is 3. The summed E-state index contributed by atoms with van der Waals surface area (Å²) in [5.41, 5.74) is 3.63. The number of hydrazine groups is 1. The van der Waals surface area contributed by atoms with Crippen LogP contribution in [-0.4, -0.2) is 27.3 Å². The molecule has 0 atom stereocenters. The molecule has 0 spiro atoms. The summed E-state index contributed by atoms with van der Waals surface area (Å²) in [6.45, 7) is 0. The Hall–Kier alpha value is -4.64. The molecule has 0 aliphatic rings. The van der Waals surface area contributed by atoms with E-state index in [0.29, 0.717) is 16.7 Å². The molecule has 0 radical (unpaired) electrons. The zero-order valence-electron chi connectivity index (χ0n) is 18.3. The van der Waals surface area contributed by atoms with Crippen LogP contribution in [-0.2, 0) is 10.0 Å². The number of fused-ring (bicyclic) bond motifs is 1. The summed E-state index contributed by atoms with van der Waals surface area (Å²) >= 11 is 0. The third-order valence-corrected chi connectivity index (χ3v) is 6.30. The number of hydrogen-bond acceptors (Lipinski definition) is 7. The summed E-state index contributed by atoms with van der Waals surface area (Å²) in [7, 11) is -2.64. The molecule has 0 saturated heterocycles. The Bertz CT molecular complexity index is 1600. The summed E-state index contributed by atoms with van der Waals surface area (Å²) in [5.74, 6) is -1.36. The Labute approximate surface area is 199 Å². The first-order chi connectivity index (χ1) is 16.8. The number of carbonyl (C=O) groups excluding carboxylic acids is 2. The quantitative estimate of drug-likeness (QED) is 0.277. The van der Waals surface area contributed by atoms with Gasteiger partial charge < -0.3 is 9.15 Å². The van der Waals surface area contributed by atoms with Gasteiger partial charge in [0.1, 0.15) is 16.9 Å². The first kappa shape index (κ1) is 23.5. The van der Waals surface area contributed by atoms with Crippen LogP contribution in [0.4, 0.5) is 5.69 Å². The normalized spacial score (nSPS) is 11.0. The van der Waals surface area contributed by atoms with Gasteiger partial charge in [0.05, 0.1) is 17.7 Å². The fraction of sp³-hybridized carbons (Fsp3) is 0.0417. The van der Waals surface area contributed by atoms with E-state index in [0.717, 1.165) is 6.07 Å². The highest BCUT2D eigenvalue weighted by Gasteiger charge is 2.19. The van der Waals surface area contributed by atoms with Crippen LogP contribution in [0.1, 0.15) is 20.7 Å². The van der Waals surface area contributed by atoms with Crippen molar-refractivity contribution in [3.8, 4) is 5.75 Å². The van der Waals surface area contributed by atoms with Gasteiger partial charge >= 0.3 is 5.63 Å². The van der Waals surface area contributed by atoms with Crippen LogP contribution in [0.5, 0.6) is 5.75 Å². The van der Waals surface area contributed by atoms with Crippen LogP contribution in [0, 0.1) is 0 Å². The van der Waals surface area contributed by atoms with Crippen molar-refractivity contribution in [1.82, 2.24) is 10.9 Å². The second-order valence-corrected chi connectivity index (χ2v) is 8.91. The molecule has 0 unspecified atom stereocenters. The third-order valence-electron chi connectivity index (χ3n) is 4.93. The van der Waals surface area contributed by atoms with Gasteiger partial charge in [0, 0.05) is 10.9 Å². The minimum Gasteiger partial charge on any atom is -0.495 e. The fourth-order valence-electron chi connectivity index (χ4n) is 3.21. The molecule has 0 saturated carbocycles. The van der Waals surface area contributed by atoms with Crippen LogP contribution in [0.25, 0.3) is 11.0 Å². The maximum Gasteiger partial charge on any atom is 0.349 e. The van der Waals surface area contributed by atoms with E-state index in [1.807, 2.05) is 0 Å². The molecule has 10 nitrogen and oxygen atoms in total. The number of rotatable bonds is 6. The molecule has 4 aromatic rings. The van der Waals surface area contributed by atoms with E-state index in [2.05, 4.69) is 15.6 Å². The summed E-state index contributed by atoms with van der Waals surface area (Å²) in [5, 5.41) is 0.532. The molecule has 35 heavy (non-hydrogen) atoms. The van der Waals surface area contributed by atoms with E-state index in [4.69, 9.17) is 9.15 Å². The number of hydrogen-bond donors (Lipinski definition) is 3. The first-order valence-electron chi connectivity index (χ1n) is 10.2. The zero-order valence-corrected chi connectivity index (χ0v) is 19.1. The average Bonchev–Trinajstić information content (AvgIpc) is 2.86. The first-order valence-corrected chi connectivity index (χ1v) is 11.7. The molecule has 3 aromatic carbocycles. The smallest absolute Gasteiger partial charge is 0.349 e. The zero-order chi connectivity index (χ0) is 25.0. The summed E-state index contributed by atoms with van der Waals surface area (Å²) in [4.78, 5) is 36.9. The van der Waals surface area contributed by atoms with E-state index < -0.39 is 27.5 Å². The van der Waals surface area contributed by atoms with Crippen LogP contribution in [0.2, 0.25) is 0 Å². The highest BCUT2D eigenvalue weighted by molar-refractivity contribution is 7.92. The van der Waals surface area contributed by atoms with Crippen molar-refractivity contribution in [2.45, 2.75) is 4.90 Å². The Morgan fingerprint density at radius 2 is 1.57 bits per heavy atom. The van der Waals surface area contributed by atoms with Crippen molar-refractivity contribution in [2.75, 3.05) is 11.8 Å². The van der Waals surface area contributed by atoms with Gasteiger partial charge in [0.25, 0.3) is 21.8 Å². The number of para-hydroxylation sites is 3. The molecule has 11 heteroatoms. The van der Waals surface area contributed by atoms with E-state index in [1.165, 1.54) is 37.4 Å². The lowest BCUT2D eigenvalue weighted by Gasteiger charge is -2.12. The number of carbonyl (C=O) groups is 2. The van der Waals surface area contributed by atoms with E-state index in [-0.39, 0.29) is 21.7 Å². The number of amides is 2. The summed E-state index contributed by atoms with van der Waals surface area (Å²) in [6, 6.07) is 19.7. The predicted molar refractivity (Wildman–Crippen MR) is 128 cm³/mol. The van der Waals surface area contributed by atoms with Gasteiger partial charge in [-0.05, 0) is 42.5 Å². The molecule has 178 valence electrons. The molecule has 2 amide bonds. The van der Waals surface area contributed by atoms with Crippen molar-refractivity contribution in [2.24, 2.45) is 0 Å². The lowest BCUT2D eigenvalue weighted by Crippen LogP contribution is -2.43. The molecular weight excluding hydrogens is 474 g/mol. The third kappa shape index (κ3) is 5.14. The number of nitrogens with one attached hydrogen (secondary N) is 3. The van der Waals surface area contributed by atoms with Gasteiger partial charge in [-0.2, -0.15) is 0 Å². The summed E-state index contributed by atoms with van der Waals surface area (Å²) in [6.07, 6.45) is 0. The SMILES string of the molecule is COc1ccccc1NS(=O)(=O)c1cccc(C(=O)NNC(=O)c2cc3ccccc3oc2=O)c1. The maximum absolute atomic E-state index is 12.8. The van der Waals surface area contributed by atoms with Crippen LogP contribution < -0.4 is 25.9 Å². The largest absolute Gasteiger partial charge is 0.495 e. The van der Waals surface area contributed by atoms with Crippen LogP contribution in [0.15, 0.2) is 93.0 Å². The highest BCUT2D eigenvalue weighted by atomic mass is 32.2. The van der Waals surface area contributed by atoms with Gasteiger partial charge in [-0.15, -0.1) is 0 Å². The Kier molecular flexibility index (Phi) is 6.51. The molecule has 3 N–H and O–H groups in total. The second kappa shape index (κ2) is 9.69. The van der Waals surface area contributed by atoms with E-state index >= 15 is 0 Å². The van der Waals surface area contributed by atoms with Crippen molar-refractivity contribution in [3.05, 3.63) is 100 Å². The van der Waals surface area contributed by atoms with Crippen molar-refractivity contribution >= 4 is 38.5 Å². The summed E-state index contributed by atoms with van der Waals surface area (Å²) < 4.78 is 38.3. The Morgan fingerprint density at radius 1 is 0.857 bits per heavy atom. The van der Waals surface area contributed by atoms with Gasteiger partial charge in [-0.3, -0.25) is 25.2 Å². The van der Waals surface area contributed by atoms with Gasteiger partial charge in [-0.1, -0.05) is 36.4 Å². The lowest BCUT2D eigenvalue weighted by molar-refractivity contribution is 0.0844. The van der Waals surface area contributed by atoms with Crippen LogP contribution >= 0.6 is 0 Å². The molecule has 0 aliphatic heterocycles. The number of anilines is 1. The minimum atomic E-state index is -4.05. The second-order valence-electron chi connectivity index (χ2n) is 7.23. The van der Waals surface area contributed by atoms with Crippen LogP contribution in [0.3, 0.4) is 0 Å². The number of ether oxygens (including phenoxy) is 1. The molecule has 0 bridgehead atoms. The average molecular weight is 493 g/mol. The van der Waals surface area contributed by atoms with Gasteiger partial charge in [-0.25, -0.2) is 13.2 Å². The molecule has 4 rings (SSSR count). The van der Waals surface area contributed by atoms with Gasteiger partial charge in [0.2, 0.25) is 0 Å². The van der Waals surface area contributed by atoms with E-state index in [1.54, 1.807) is 42.5 Å². The number of methoxy groups -OCH3 is 1. The monoisotopic (exact) mass is 493 g/mol. The Morgan fingerprint density at radius 3 is 2.37 bits per heavy atom. The molecule has 0 aliphatic carbocycles. The van der Waals surface area contributed by atoms with Gasteiger partial charge in [0.15, 0.2) is 0 Å². The topological polar surface area (TPSA) is 144 Å². The highest BCUT2D eigenvalue weighted by Crippen LogP contribution is 2.26. The van der Waals surface area contributed by atoms with Crippen molar-refractivity contribution in [1.29, 1.82) is 0 Å². The van der Waals surface area contributed by atoms with E-state index in [9.17, 15) is 22.8 Å². The number of sulfonamides is 1. The molecule has 0 fully saturated rings. The standard InChI is InChI=1S/C24H19N3O7S/c1-33-21-12-5-3-10-19(21)27-35(31,32)17-9-6-8-16(13-17)22(28)25-26-23(29)18-14-15-7-2-4-11-20(15)34-24(18)30/h2-14,27H,1H3,(H,25,28)(H,26,29). The molecule has 1 aromatic heterocycles. The minimum absolute atomic E-state index is 0.0428. The fourth-order valence-corrected chi connectivity index (χ4v) is 4.33. The van der Waals surface area contributed by atoms with Crippen molar-refractivity contribution in [3.63, 3.8) is 0 Å². The van der Waals surface area contributed by atoms with Crippen molar-refractivity contribution < 1.29 is 27.2 Å².